The highest BCUT2D eigenvalue weighted by molar-refractivity contribution is 7.99. The molecule has 1 saturated carbocycles. The summed E-state index contributed by atoms with van der Waals surface area (Å²) in [5.41, 5.74) is 0.945. The van der Waals surface area contributed by atoms with Crippen molar-refractivity contribution in [2.45, 2.75) is 44.4 Å². The maximum atomic E-state index is 5.98. The number of rotatable bonds is 4. The molecule has 0 aliphatic heterocycles. The molecule has 5 heteroatoms. The first-order valence-electron chi connectivity index (χ1n) is 6.06. The summed E-state index contributed by atoms with van der Waals surface area (Å²) in [4.78, 5) is 8.23. The molecule has 1 aliphatic rings. The van der Waals surface area contributed by atoms with E-state index in [2.05, 4.69) is 34.0 Å². The standard InChI is InChI=1S/C12H18ClN3S/c1-3-17-10-5-4-9(6-10)16-12-8(2)11(13)14-7-15-12/h7,9-10H,3-6H2,1-2H3,(H,14,15,16). The van der Waals surface area contributed by atoms with Crippen molar-refractivity contribution in [3.05, 3.63) is 17.0 Å². The van der Waals surface area contributed by atoms with Crippen LogP contribution in [0.4, 0.5) is 5.82 Å². The van der Waals surface area contributed by atoms with Gasteiger partial charge in [0.1, 0.15) is 17.3 Å². The van der Waals surface area contributed by atoms with E-state index in [9.17, 15) is 0 Å². The molecule has 2 unspecified atom stereocenters. The number of hydrogen-bond acceptors (Lipinski definition) is 4. The van der Waals surface area contributed by atoms with Crippen LogP contribution in [0.3, 0.4) is 0 Å². The van der Waals surface area contributed by atoms with Gasteiger partial charge in [0.15, 0.2) is 0 Å². The highest BCUT2D eigenvalue weighted by Gasteiger charge is 2.25. The van der Waals surface area contributed by atoms with E-state index in [0.29, 0.717) is 11.2 Å². The fourth-order valence-corrected chi connectivity index (χ4v) is 3.50. The normalized spacial score (nSPS) is 23.9. The van der Waals surface area contributed by atoms with Crippen molar-refractivity contribution in [2.24, 2.45) is 0 Å². The second-order valence-corrected chi connectivity index (χ2v) is 6.31. The lowest BCUT2D eigenvalue weighted by molar-refractivity contribution is 0.749. The van der Waals surface area contributed by atoms with E-state index in [1.807, 2.05) is 6.92 Å². The summed E-state index contributed by atoms with van der Waals surface area (Å²) in [7, 11) is 0. The second kappa shape index (κ2) is 5.91. The Morgan fingerprint density at radius 1 is 1.47 bits per heavy atom. The monoisotopic (exact) mass is 271 g/mol. The number of thioether (sulfide) groups is 1. The SMILES string of the molecule is CCSC1CCC(Nc2ncnc(Cl)c2C)C1. The molecule has 1 N–H and O–H groups in total. The quantitative estimate of drug-likeness (QED) is 0.851. The van der Waals surface area contributed by atoms with Gasteiger partial charge in [-0.1, -0.05) is 18.5 Å². The van der Waals surface area contributed by atoms with Crippen LogP contribution in [0.1, 0.15) is 31.7 Å². The van der Waals surface area contributed by atoms with Gasteiger partial charge in [0.05, 0.1) is 0 Å². The number of nitrogens with zero attached hydrogens (tertiary/aromatic N) is 2. The highest BCUT2D eigenvalue weighted by atomic mass is 35.5. The van der Waals surface area contributed by atoms with Crippen LogP contribution in [0.25, 0.3) is 0 Å². The van der Waals surface area contributed by atoms with Crippen LogP contribution in [-0.4, -0.2) is 27.0 Å². The number of nitrogens with one attached hydrogen (secondary N) is 1. The molecule has 1 heterocycles. The predicted molar refractivity (Wildman–Crippen MR) is 75.0 cm³/mol. The van der Waals surface area contributed by atoms with Crippen molar-refractivity contribution in [1.82, 2.24) is 9.97 Å². The van der Waals surface area contributed by atoms with Gasteiger partial charge in [0.25, 0.3) is 0 Å². The van der Waals surface area contributed by atoms with Gasteiger partial charge in [-0.05, 0) is 31.9 Å². The van der Waals surface area contributed by atoms with E-state index < -0.39 is 0 Å². The Bertz CT molecular complexity index is 386. The lowest BCUT2D eigenvalue weighted by atomic mass is 10.2. The van der Waals surface area contributed by atoms with Crippen molar-refractivity contribution in [3.8, 4) is 0 Å². The summed E-state index contributed by atoms with van der Waals surface area (Å²) < 4.78 is 0. The van der Waals surface area contributed by atoms with Gasteiger partial charge in [-0.15, -0.1) is 0 Å². The number of aromatic nitrogens is 2. The predicted octanol–water partition coefficient (Wildman–Crippen LogP) is 3.52. The van der Waals surface area contributed by atoms with Crippen LogP contribution in [0.5, 0.6) is 0 Å². The van der Waals surface area contributed by atoms with Crippen molar-refractivity contribution >= 4 is 29.2 Å². The Hall–Kier alpha value is -0.480. The summed E-state index contributed by atoms with van der Waals surface area (Å²) in [5, 5.41) is 4.83. The first-order chi connectivity index (χ1) is 8.20. The van der Waals surface area contributed by atoms with Gasteiger partial charge in [-0.2, -0.15) is 11.8 Å². The van der Waals surface area contributed by atoms with Crippen LogP contribution >= 0.6 is 23.4 Å². The third-order valence-electron chi connectivity index (χ3n) is 3.15. The van der Waals surface area contributed by atoms with Crippen LogP contribution in [-0.2, 0) is 0 Å². The highest BCUT2D eigenvalue weighted by Crippen LogP contribution is 2.32. The summed E-state index contributed by atoms with van der Waals surface area (Å²) in [6.07, 6.45) is 5.26. The summed E-state index contributed by atoms with van der Waals surface area (Å²) in [5.74, 6) is 2.09. The Labute approximate surface area is 112 Å². The summed E-state index contributed by atoms with van der Waals surface area (Å²) >= 11 is 8.04. The molecule has 1 aliphatic carbocycles. The molecule has 1 aromatic rings. The molecule has 17 heavy (non-hydrogen) atoms. The zero-order chi connectivity index (χ0) is 12.3. The van der Waals surface area contributed by atoms with Gasteiger partial charge in [0, 0.05) is 16.9 Å². The molecular formula is C12H18ClN3S. The van der Waals surface area contributed by atoms with Crippen molar-refractivity contribution in [2.75, 3.05) is 11.1 Å². The van der Waals surface area contributed by atoms with E-state index in [0.717, 1.165) is 16.6 Å². The molecule has 3 nitrogen and oxygen atoms in total. The smallest absolute Gasteiger partial charge is 0.137 e. The number of halogens is 1. The molecule has 2 rings (SSSR count). The summed E-state index contributed by atoms with van der Waals surface area (Å²) in [6, 6.07) is 0.531. The minimum atomic E-state index is 0.531. The maximum absolute atomic E-state index is 5.98. The van der Waals surface area contributed by atoms with Crippen molar-refractivity contribution in [1.29, 1.82) is 0 Å². The minimum Gasteiger partial charge on any atom is -0.367 e. The van der Waals surface area contributed by atoms with E-state index in [-0.39, 0.29) is 0 Å². The largest absolute Gasteiger partial charge is 0.367 e. The van der Waals surface area contributed by atoms with E-state index in [4.69, 9.17) is 11.6 Å². The summed E-state index contributed by atoms with van der Waals surface area (Å²) in [6.45, 7) is 4.18. The lowest BCUT2D eigenvalue weighted by Gasteiger charge is -2.15. The third kappa shape index (κ3) is 3.26. The number of anilines is 1. The Kier molecular flexibility index (Phi) is 4.51. The molecule has 0 amide bonds. The average Bonchev–Trinajstić information content (AvgIpc) is 2.73. The molecular weight excluding hydrogens is 254 g/mol. The lowest BCUT2D eigenvalue weighted by Crippen LogP contribution is -2.18. The van der Waals surface area contributed by atoms with Gasteiger partial charge < -0.3 is 5.32 Å². The topological polar surface area (TPSA) is 37.8 Å². The molecule has 2 atom stereocenters. The molecule has 0 saturated heterocycles. The second-order valence-electron chi connectivity index (χ2n) is 4.37. The van der Waals surface area contributed by atoms with Gasteiger partial charge >= 0.3 is 0 Å². The molecule has 0 spiro atoms. The third-order valence-corrected chi connectivity index (χ3v) is 4.76. The fraction of sp³-hybridized carbons (Fsp3) is 0.667. The van der Waals surface area contributed by atoms with Crippen LogP contribution in [0.2, 0.25) is 5.15 Å². The van der Waals surface area contributed by atoms with Crippen LogP contribution in [0, 0.1) is 6.92 Å². The van der Waals surface area contributed by atoms with E-state index in [1.165, 1.54) is 31.3 Å². The Morgan fingerprint density at radius 2 is 2.29 bits per heavy atom. The van der Waals surface area contributed by atoms with Crippen LogP contribution in [0.15, 0.2) is 6.33 Å². The maximum Gasteiger partial charge on any atom is 0.137 e. The Balaban J connectivity index is 1.96. The molecule has 0 aromatic carbocycles. The molecule has 0 bridgehead atoms. The zero-order valence-corrected chi connectivity index (χ0v) is 11.8. The fourth-order valence-electron chi connectivity index (χ4n) is 2.23. The van der Waals surface area contributed by atoms with Crippen molar-refractivity contribution < 1.29 is 0 Å². The molecule has 1 aromatic heterocycles. The van der Waals surface area contributed by atoms with E-state index in [1.54, 1.807) is 0 Å². The number of hydrogen-bond donors (Lipinski definition) is 1. The van der Waals surface area contributed by atoms with Gasteiger partial charge in [0.2, 0.25) is 0 Å². The van der Waals surface area contributed by atoms with Gasteiger partial charge in [-0.3, -0.25) is 0 Å². The van der Waals surface area contributed by atoms with Gasteiger partial charge in [-0.25, -0.2) is 9.97 Å². The zero-order valence-electron chi connectivity index (χ0n) is 10.2. The van der Waals surface area contributed by atoms with Crippen molar-refractivity contribution in [3.63, 3.8) is 0 Å². The van der Waals surface area contributed by atoms with Crippen LogP contribution < -0.4 is 5.32 Å². The first kappa shape index (κ1) is 13.0. The first-order valence-corrected chi connectivity index (χ1v) is 7.48. The molecule has 0 radical (unpaired) electrons. The average molecular weight is 272 g/mol. The molecule has 1 fully saturated rings. The Morgan fingerprint density at radius 3 is 3.06 bits per heavy atom. The van der Waals surface area contributed by atoms with E-state index >= 15 is 0 Å². The minimum absolute atomic E-state index is 0.531. The molecule has 94 valence electrons.